The molecule has 0 saturated heterocycles. The van der Waals surface area contributed by atoms with Crippen LogP contribution in [0.1, 0.15) is 80.0 Å². The minimum Gasteiger partial charge on any atom is -0.391 e. The number of hydrogen-bond donors (Lipinski definition) is 0. The molecular weight excluding hydrogens is 434 g/mol. The van der Waals surface area contributed by atoms with Crippen LogP contribution in [0.25, 0.3) is 0 Å². The fourth-order valence-electron chi connectivity index (χ4n) is 5.26. The van der Waals surface area contributed by atoms with Gasteiger partial charge < -0.3 is 9.74 Å². The van der Waals surface area contributed by atoms with E-state index in [1.807, 2.05) is 0 Å². The van der Waals surface area contributed by atoms with Gasteiger partial charge in [0.15, 0.2) is 0 Å². The zero-order valence-corrected chi connectivity index (χ0v) is 22.7. The highest BCUT2D eigenvalue weighted by molar-refractivity contribution is 5.81. The van der Waals surface area contributed by atoms with E-state index >= 15 is 0 Å². The van der Waals surface area contributed by atoms with Crippen LogP contribution >= 0.6 is 0 Å². The average molecular weight is 478 g/mol. The lowest BCUT2D eigenvalue weighted by Gasteiger charge is -2.32. The van der Waals surface area contributed by atoms with Gasteiger partial charge in [-0.05, 0) is 76.1 Å². The summed E-state index contributed by atoms with van der Waals surface area (Å²) >= 11 is 0. The van der Waals surface area contributed by atoms with Gasteiger partial charge in [0, 0.05) is 56.1 Å². The summed E-state index contributed by atoms with van der Waals surface area (Å²) in [6, 6.07) is 4.69. The predicted molar refractivity (Wildman–Crippen MR) is 144 cm³/mol. The molecule has 0 radical (unpaired) electrons. The monoisotopic (exact) mass is 477 g/mol. The Morgan fingerprint density at radius 3 is 2.69 bits per heavy atom. The summed E-state index contributed by atoms with van der Waals surface area (Å²) in [5, 5.41) is 4.49. The van der Waals surface area contributed by atoms with Gasteiger partial charge in [0.1, 0.15) is 6.10 Å². The van der Waals surface area contributed by atoms with E-state index < -0.39 is 0 Å². The van der Waals surface area contributed by atoms with Crippen LogP contribution in [0.5, 0.6) is 0 Å². The molecule has 0 saturated carbocycles. The summed E-state index contributed by atoms with van der Waals surface area (Å²) in [6.45, 7) is 17.8. The van der Waals surface area contributed by atoms with Crippen LogP contribution in [0.3, 0.4) is 0 Å². The highest BCUT2D eigenvalue weighted by Gasteiger charge is 2.22. The van der Waals surface area contributed by atoms with Crippen molar-refractivity contribution in [1.29, 1.82) is 0 Å². The summed E-state index contributed by atoms with van der Waals surface area (Å²) in [4.78, 5) is 20.7. The van der Waals surface area contributed by atoms with Crippen molar-refractivity contribution >= 4 is 11.4 Å². The second kappa shape index (κ2) is 11.5. The molecule has 2 aliphatic heterocycles. The average Bonchev–Trinajstić information content (AvgIpc) is 2.86. The first-order chi connectivity index (χ1) is 16.9. The van der Waals surface area contributed by atoms with Crippen molar-refractivity contribution in [3.63, 3.8) is 0 Å². The van der Waals surface area contributed by atoms with Crippen LogP contribution in [-0.4, -0.2) is 52.9 Å². The Bertz CT molecular complexity index is 1060. The lowest BCUT2D eigenvalue weighted by atomic mass is 9.99. The Morgan fingerprint density at radius 1 is 1.09 bits per heavy atom. The second-order valence-electron chi connectivity index (χ2n) is 10.3. The predicted octanol–water partition coefficient (Wildman–Crippen LogP) is 5.20. The molecule has 0 fully saturated rings. The van der Waals surface area contributed by atoms with Gasteiger partial charge in [-0.15, -0.1) is 0 Å². The standard InChI is InChI=1S/C29H43N5O/c1-7-24-17-25-19-33(15-12-27(25)31-26(24)8-2)14-11-21(4)32-35-22(5)18-34-13-9-10-28-29(34)16-20(3)23(6)30-28/h16-17,22H,7-15,18-19H2,1-6H3/t22-/m0/s1. The molecule has 6 heteroatoms. The van der Waals surface area contributed by atoms with Crippen LogP contribution in [0.2, 0.25) is 0 Å². The largest absolute Gasteiger partial charge is 0.391 e. The van der Waals surface area contributed by atoms with E-state index in [9.17, 15) is 0 Å². The molecule has 0 N–H and O–H groups in total. The molecule has 0 bridgehead atoms. The summed E-state index contributed by atoms with van der Waals surface area (Å²) in [6.07, 6.45) is 6.30. The number of aromatic nitrogens is 2. The van der Waals surface area contributed by atoms with Gasteiger partial charge in [-0.25, -0.2) is 0 Å². The maximum Gasteiger partial charge on any atom is 0.142 e. The normalized spacial score (nSPS) is 17.2. The number of oxime groups is 1. The van der Waals surface area contributed by atoms with Gasteiger partial charge in [0.2, 0.25) is 0 Å². The molecule has 4 heterocycles. The topological polar surface area (TPSA) is 53.9 Å². The number of rotatable bonds is 9. The van der Waals surface area contributed by atoms with Crippen molar-refractivity contribution in [1.82, 2.24) is 14.9 Å². The summed E-state index contributed by atoms with van der Waals surface area (Å²) in [7, 11) is 0. The smallest absolute Gasteiger partial charge is 0.142 e. The van der Waals surface area contributed by atoms with Crippen LogP contribution in [0, 0.1) is 13.8 Å². The van der Waals surface area contributed by atoms with Gasteiger partial charge in [0.05, 0.1) is 23.6 Å². The fourth-order valence-corrected chi connectivity index (χ4v) is 5.26. The first-order valence-electron chi connectivity index (χ1n) is 13.5. The van der Waals surface area contributed by atoms with Gasteiger partial charge >= 0.3 is 0 Å². The highest BCUT2D eigenvalue weighted by atomic mass is 16.6. The van der Waals surface area contributed by atoms with Crippen molar-refractivity contribution in [2.75, 3.05) is 31.1 Å². The van der Waals surface area contributed by atoms with E-state index in [0.717, 1.165) is 82.7 Å². The van der Waals surface area contributed by atoms with Crippen molar-refractivity contribution in [3.8, 4) is 0 Å². The third-order valence-corrected chi connectivity index (χ3v) is 7.49. The lowest BCUT2D eigenvalue weighted by molar-refractivity contribution is 0.0759. The quantitative estimate of drug-likeness (QED) is 0.367. The number of nitrogens with zero attached hydrogens (tertiary/aromatic N) is 5. The van der Waals surface area contributed by atoms with Crippen molar-refractivity contribution in [2.24, 2.45) is 5.16 Å². The molecule has 2 aromatic rings. The summed E-state index contributed by atoms with van der Waals surface area (Å²) in [5.74, 6) is 0. The van der Waals surface area contributed by atoms with Crippen LogP contribution in [0.4, 0.5) is 5.69 Å². The van der Waals surface area contributed by atoms with Crippen molar-refractivity contribution in [2.45, 2.75) is 92.7 Å². The third kappa shape index (κ3) is 6.21. The minimum atomic E-state index is 0.0330. The highest BCUT2D eigenvalue weighted by Crippen LogP contribution is 2.28. The van der Waals surface area contributed by atoms with E-state index in [4.69, 9.17) is 14.8 Å². The Hall–Kier alpha value is -2.47. The van der Waals surface area contributed by atoms with E-state index in [2.05, 4.69) is 68.6 Å². The summed E-state index contributed by atoms with van der Waals surface area (Å²) in [5.41, 5.74) is 11.3. The Kier molecular flexibility index (Phi) is 8.42. The van der Waals surface area contributed by atoms with E-state index in [-0.39, 0.29) is 6.10 Å². The maximum absolute atomic E-state index is 5.92. The minimum absolute atomic E-state index is 0.0330. The number of fused-ring (bicyclic) bond motifs is 2. The first-order valence-corrected chi connectivity index (χ1v) is 13.5. The molecule has 35 heavy (non-hydrogen) atoms. The van der Waals surface area contributed by atoms with Crippen LogP contribution in [-0.2, 0) is 37.1 Å². The molecule has 6 nitrogen and oxygen atoms in total. The SMILES string of the molecule is CCc1cc2c(nc1CC)CCN(CCC(C)=NO[C@@H](C)CN1CCCc3nc(C)c(C)cc31)C2. The molecule has 190 valence electrons. The molecule has 0 aliphatic carbocycles. The van der Waals surface area contributed by atoms with Gasteiger partial charge in [-0.2, -0.15) is 0 Å². The zero-order valence-electron chi connectivity index (χ0n) is 22.7. The second-order valence-corrected chi connectivity index (χ2v) is 10.3. The van der Waals surface area contributed by atoms with E-state index in [0.29, 0.717) is 0 Å². The van der Waals surface area contributed by atoms with Gasteiger partial charge in [0.25, 0.3) is 0 Å². The molecule has 0 spiro atoms. The Morgan fingerprint density at radius 2 is 1.91 bits per heavy atom. The van der Waals surface area contributed by atoms with Crippen LogP contribution in [0.15, 0.2) is 17.3 Å². The van der Waals surface area contributed by atoms with Crippen LogP contribution < -0.4 is 4.90 Å². The number of aryl methyl sites for hydroxylation is 5. The lowest BCUT2D eigenvalue weighted by Crippen LogP contribution is -2.36. The van der Waals surface area contributed by atoms with E-state index in [1.54, 1.807) is 0 Å². The van der Waals surface area contributed by atoms with Gasteiger partial charge in [-0.3, -0.25) is 14.9 Å². The summed E-state index contributed by atoms with van der Waals surface area (Å²) < 4.78 is 0. The van der Waals surface area contributed by atoms with Crippen molar-refractivity contribution in [3.05, 3.63) is 51.6 Å². The van der Waals surface area contributed by atoms with E-state index in [1.165, 1.54) is 39.5 Å². The molecule has 1 atom stereocenters. The molecule has 2 aliphatic rings. The van der Waals surface area contributed by atoms with Gasteiger partial charge in [-0.1, -0.05) is 25.1 Å². The third-order valence-electron chi connectivity index (χ3n) is 7.49. The molecular formula is C29H43N5O. The number of hydrogen-bond acceptors (Lipinski definition) is 6. The Balaban J connectivity index is 1.27. The number of anilines is 1. The fraction of sp³-hybridized carbons (Fsp3) is 0.621. The zero-order chi connectivity index (χ0) is 24.9. The molecule has 0 unspecified atom stereocenters. The van der Waals surface area contributed by atoms with Crippen molar-refractivity contribution < 1.29 is 4.84 Å². The molecule has 4 rings (SSSR count). The first kappa shape index (κ1) is 25.6. The Labute approximate surface area is 211 Å². The molecule has 0 aromatic carbocycles. The maximum atomic E-state index is 5.92. The number of pyridine rings is 2. The molecule has 2 aromatic heterocycles. The molecule has 0 amide bonds.